The number of carbonyl (C=O) groups excluding carboxylic acids is 2. The average molecular weight is 871 g/mol. The summed E-state index contributed by atoms with van der Waals surface area (Å²) < 4.78 is 75.0. The molecule has 2 aromatic heterocycles. The number of halogens is 2. The zero-order valence-corrected chi connectivity index (χ0v) is 35.0. The van der Waals surface area contributed by atoms with Gasteiger partial charge in [-0.2, -0.15) is 23.1 Å². The summed E-state index contributed by atoms with van der Waals surface area (Å²) in [4.78, 5) is 46.5. The lowest BCUT2D eigenvalue weighted by atomic mass is 9.73. The van der Waals surface area contributed by atoms with E-state index in [9.17, 15) is 28.1 Å². The molecule has 1 spiro atoms. The second kappa shape index (κ2) is 15.7. The first kappa shape index (κ1) is 41.3. The van der Waals surface area contributed by atoms with Gasteiger partial charge in [-0.25, -0.2) is 18.6 Å². The molecule has 1 saturated carbocycles. The number of benzene rings is 3. The van der Waals surface area contributed by atoms with Gasteiger partial charge in [-0.05, 0) is 86.1 Å². The third-order valence-electron chi connectivity index (χ3n) is 12.9. The van der Waals surface area contributed by atoms with Crippen LogP contribution in [0.5, 0.6) is 11.5 Å². The molecule has 3 amide bonds. The lowest BCUT2D eigenvalue weighted by Crippen LogP contribution is -2.51. The predicted octanol–water partition coefficient (Wildman–Crippen LogP) is 5.02. The minimum absolute atomic E-state index is 0.0334. The second-order valence-electron chi connectivity index (χ2n) is 16.5. The van der Waals surface area contributed by atoms with Gasteiger partial charge in [0.15, 0.2) is 17.4 Å². The Bertz CT molecular complexity index is 2870. The van der Waals surface area contributed by atoms with E-state index in [-0.39, 0.29) is 77.2 Å². The third kappa shape index (κ3) is 7.31. The molecule has 3 aromatic carbocycles. The van der Waals surface area contributed by atoms with Gasteiger partial charge in [0.25, 0.3) is 5.56 Å². The summed E-state index contributed by atoms with van der Waals surface area (Å²) in [5, 5.41) is 17.4. The Morgan fingerprint density at radius 3 is 2.55 bits per heavy atom. The Labute approximate surface area is 355 Å². The first-order chi connectivity index (χ1) is 29.7. The molecular formula is C42H44F2N10O7S. The van der Waals surface area contributed by atoms with Crippen molar-refractivity contribution < 1.29 is 36.3 Å². The van der Waals surface area contributed by atoms with E-state index in [4.69, 9.17) is 9.47 Å². The van der Waals surface area contributed by atoms with Crippen LogP contribution in [0.3, 0.4) is 0 Å². The van der Waals surface area contributed by atoms with Crippen LogP contribution in [0.2, 0.25) is 0 Å². The number of aromatic nitrogens is 4. The van der Waals surface area contributed by atoms with E-state index >= 15 is 8.78 Å². The molecular weight excluding hydrogens is 827 g/mol. The van der Waals surface area contributed by atoms with Crippen molar-refractivity contribution >= 4 is 55.5 Å². The molecule has 20 heteroatoms. The van der Waals surface area contributed by atoms with E-state index in [0.717, 1.165) is 55.2 Å². The maximum absolute atomic E-state index is 15.7. The monoisotopic (exact) mass is 870 g/mol. The number of piperidine rings is 1. The van der Waals surface area contributed by atoms with Crippen molar-refractivity contribution in [2.45, 2.75) is 69.1 Å². The predicted molar refractivity (Wildman–Crippen MR) is 223 cm³/mol. The molecule has 324 valence electrons. The van der Waals surface area contributed by atoms with Gasteiger partial charge in [-0.1, -0.05) is 6.92 Å². The number of carbonyl (C=O) groups is 2. The largest absolute Gasteiger partial charge is 0.453 e. The molecule has 62 heavy (non-hydrogen) atoms. The molecule has 3 saturated heterocycles. The smallest absolute Gasteiger partial charge is 0.329 e. The lowest BCUT2D eigenvalue weighted by molar-refractivity contribution is -0.120. The molecule has 0 radical (unpaired) electrons. The van der Waals surface area contributed by atoms with Crippen molar-refractivity contribution in [1.82, 2.24) is 33.9 Å². The van der Waals surface area contributed by atoms with Gasteiger partial charge in [-0.15, -0.1) is 0 Å². The number of ether oxygens (including phenoxy) is 2. The highest BCUT2D eigenvalue weighted by Gasteiger charge is 2.46. The fourth-order valence-electron chi connectivity index (χ4n) is 9.13. The van der Waals surface area contributed by atoms with Crippen molar-refractivity contribution in [1.29, 1.82) is 5.26 Å². The molecule has 1 atom stereocenters. The molecule has 0 bridgehead atoms. The van der Waals surface area contributed by atoms with Gasteiger partial charge < -0.3 is 14.4 Å². The number of nitrogens with one attached hydrogen (secondary N) is 2. The van der Waals surface area contributed by atoms with E-state index in [1.165, 1.54) is 36.5 Å². The van der Waals surface area contributed by atoms with Crippen LogP contribution in [0.4, 0.5) is 25.1 Å². The van der Waals surface area contributed by atoms with Crippen LogP contribution in [0.1, 0.15) is 68.5 Å². The number of nitriles is 1. The summed E-state index contributed by atoms with van der Waals surface area (Å²) in [6, 6.07) is 11.2. The van der Waals surface area contributed by atoms with E-state index < -0.39 is 33.4 Å². The average Bonchev–Trinajstić information content (AvgIpc) is 3.78. The first-order valence-corrected chi connectivity index (χ1v) is 21.9. The number of rotatable bonds is 10. The normalized spacial score (nSPS) is 21.7. The number of fused-ring (bicyclic) bond motifs is 2. The van der Waals surface area contributed by atoms with Crippen LogP contribution in [0, 0.1) is 23.0 Å². The van der Waals surface area contributed by atoms with Gasteiger partial charge in [0.1, 0.15) is 23.2 Å². The molecule has 0 unspecified atom stereocenters. The highest BCUT2D eigenvalue weighted by Crippen LogP contribution is 2.46. The van der Waals surface area contributed by atoms with E-state index in [1.807, 2.05) is 12.1 Å². The minimum atomic E-state index is -4.03. The van der Waals surface area contributed by atoms with E-state index in [2.05, 4.69) is 25.0 Å². The lowest BCUT2D eigenvalue weighted by Gasteiger charge is -2.48. The van der Waals surface area contributed by atoms with Crippen molar-refractivity contribution in [3.63, 3.8) is 0 Å². The van der Waals surface area contributed by atoms with Crippen LogP contribution in [0.25, 0.3) is 21.8 Å². The molecule has 1 aliphatic carbocycles. The van der Waals surface area contributed by atoms with Crippen molar-refractivity contribution in [3.05, 3.63) is 81.9 Å². The van der Waals surface area contributed by atoms with Gasteiger partial charge in [-0.3, -0.25) is 33.8 Å². The van der Waals surface area contributed by atoms with Crippen molar-refractivity contribution in [2.24, 2.45) is 7.05 Å². The molecule has 4 aliphatic rings. The Morgan fingerprint density at radius 2 is 1.82 bits per heavy atom. The number of likely N-dealkylation sites (tertiary alicyclic amines) is 1. The number of nitrogens with zero attached hydrogens (tertiary/aromatic N) is 8. The summed E-state index contributed by atoms with van der Waals surface area (Å²) in [5.41, 5.74) is 0.443. The van der Waals surface area contributed by atoms with Crippen LogP contribution < -0.4 is 25.2 Å². The van der Waals surface area contributed by atoms with E-state index in [1.54, 1.807) is 29.3 Å². The van der Waals surface area contributed by atoms with Crippen LogP contribution >= 0.6 is 0 Å². The Morgan fingerprint density at radius 1 is 1.05 bits per heavy atom. The number of anilines is 2. The highest BCUT2D eigenvalue weighted by atomic mass is 32.2. The molecule has 5 heterocycles. The van der Waals surface area contributed by atoms with Crippen LogP contribution in [-0.2, 0) is 26.8 Å². The summed E-state index contributed by atoms with van der Waals surface area (Å²) >= 11 is 0. The van der Waals surface area contributed by atoms with E-state index in [0.29, 0.717) is 40.8 Å². The van der Waals surface area contributed by atoms with Gasteiger partial charge in [0.05, 0.1) is 46.7 Å². The van der Waals surface area contributed by atoms with Crippen molar-refractivity contribution in [2.75, 3.05) is 49.5 Å². The summed E-state index contributed by atoms with van der Waals surface area (Å²) in [5.74, 6) is -1.68. The Kier molecular flexibility index (Phi) is 10.5. The van der Waals surface area contributed by atoms with Crippen LogP contribution in [-0.4, -0.2) is 100 Å². The molecule has 5 aromatic rings. The fourth-order valence-corrected chi connectivity index (χ4v) is 10.1. The molecule has 2 N–H and O–H groups in total. The number of urea groups is 1. The second-order valence-corrected chi connectivity index (χ2v) is 18.3. The summed E-state index contributed by atoms with van der Waals surface area (Å²) in [6.45, 7) is 3.88. The quantitative estimate of drug-likeness (QED) is 0.191. The number of aryl methyl sites for hydroxylation is 1. The van der Waals surface area contributed by atoms with Crippen LogP contribution in [0.15, 0.2) is 53.6 Å². The number of hydrogen-bond donors (Lipinski definition) is 2. The Hall–Kier alpha value is -6.01. The number of imide groups is 1. The number of amides is 3. The van der Waals surface area contributed by atoms with Crippen molar-refractivity contribution in [3.8, 4) is 17.6 Å². The fraction of sp³-hybridized carbons (Fsp3) is 0.429. The Balaban J connectivity index is 0.845. The standard InChI is InChI=1S/C42H44F2N10O7S/c1-4-50(2)62(58,59)49-35-8-6-32(43)38(31(35)21-45)61-27-5-7-34-29(17-27)40(56)54(23-46-34)26-20-42(60-22-26)10-13-52(14-11-42)25-15-24(16-25)28-19-36-30(18-33(28)44)39(48-51(36)3)53-12-9-37(55)47-41(53)57/h5-8,17-19,23-26,49H,4,9-16,20,22H2,1-3H3,(H,47,55,57)/t24?,25?,26-/m0/s1. The van der Waals surface area contributed by atoms with Gasteiger partial charge in [0.2, 0.25) is 5.91 Å². The third-order valence-corrected chi connectivity index (χ3v) is 14.5. The maximum Gasteiger partial charge on any atom is 0.329 e. The first-order valence-electron chi connectivity index (χ1n) is 20.5. The van der Waals surface area contributed by atoms with Gasteiger partial charge >= 0.3 is 16.2 Å². The summed E-state index contributed by atoms with van der Waals surface area (Å²) in [7, 11) is -0.911. The molecule has 9 rings (SSSR count). The molecule has 3 aliphatic heterocycles. The highest BCUT2D eigenvalue weighted by molar-refractivity contribution is 7.90. The minimum Gasteiger partial charge on any atom is -0.453 e. The summed E-state index contributed by atoms with van der Waals surface area (Å²) in [6.07, 6.45) is 5.39. The number of hydrogen-bond acceptors (Lipinski definition) is 11. The molecule has 4 fully saturated rings. The SMILES string of the molecule is CCN(C)S(=O)(=O)Nc1ccc(F)c(Oc2ccc3ncn([C@@H]4COC5(CCN(C6CC(c7cc8c(cc7F)c(N7CCC(=O)NC7=O)nn8C)C6)CC5)C4)c(=O)c3c2)c1C#N. The zero-order valence-electron chi connectivity index (χ0n) is 34.2. The topological polar surface area (TPSA) is 197 Å². The maximum atomic E-state index is 15.7. The molecule has 17 nitrogen and oxygen atoms in total. The zero-order chi connectivity index (χ0) is 43.7. The van der Waals surface area contributed by atoms with Gasteiger partial charge in [0, 0.05) is 58.1 Å².